The second kappa shape index (κ2) is 4.50. The van der Waals surface area contributed by atoms with Crippen LogP contribution in [0.15, 0.2) is 6.33 Å². The van der Waals surface area contributed by atoms with Gasteiger partial charge in [0.1, 0.15) is 12.4 Å². The summed E-state index contributed by atoms with van der Waals surface area (Å²) < 4.78 is 6.51. The van der Waals surface area contributed by atoms with Crippen LogP contribution in [0, 0.1) is 0 Å². The van der Waals surface area contributed by atoms with Gasteiger partial charge in [0.15, 0.2) is 6.10 Å². The zero-order valence-corrected chi connectivity index (χ0v) is 9.16. The minimum absolute atomic E-state index is 0.303. The third-order valence-corrected chi connectivity index (χ3v) is 2.53. The normalized spacial score (nSPS) is 23.6. The van der Waals surface area contributed by atoms with Crippen LogP contribution in [0.2, 0.25) is 0 Å². The van der Waals surface area contributed by atoms with Gasteiger partial charge < -0.3 is 9.84 Å². The summed E-state index contributed by atoms with van der Waals surface area (Å²) in [6, 6.07) is 0. The van der Waals surface area contributed by atoms with Crippen molar-refractivity contribution < 1.29 is 19.4 Å². The average molecular weight is 240 g/mol. The van der Waals surface area contributed by atoms with Crippen molar-refractivity contribution in [2.24, 2.45) is 7.05 Å². The summed E-state index contributed by atoms with van der Waals surface area (Å²) in [5.41, 5.74) is 0. The molecule has 2 unspecified atom stereocenters. The van der Waals surface area contributed by atoms with Crippen LogP contribution < -0.4 is 5.32 Å². The monoisotopic (exact) mass is 240 g/mol. The first-order valence-corrected chi connectivity index (χ1v) is 5.11. The number of hydrogen-bond acceptors (Lipinski definition) is 5. The van der Waals surface area contributed by atoms with Gasteiger partial charge in [-0.1, -0.05) is 0 Å². The highest BCUT2D eigenvalue weighted by molar-refractivity contribution is 5.93. The third kappa shape index (κ3) is 2.41. The van der Waals surface area contributed by atoms with Gasteiger partial charge in [-0.15, -0.1) is 0 Å². The van der Waals surface area contributed by atoms with Crippen molar-refractivity contribution in [2.75, 3.05) is 5.32 Å². The van der Waals surface area contributed by atoms with Crippen molar-refractivity contribution in [3.63, 3.8) is 0 Å². The maximum Gasteiger partial charge on any atom is 0.332 e. The lowest BCUT2D eigenvalue weighted by Gasteiger charge is -2.10. The smallest absolute Gasteiger partial charge is 0.332 e. The van der Waals surface area contributed by atoms with Crippen LogP contribution >= 0.6 is 0 Å². The lowest BCUT2D eigenvalue weighted by atomic mass is 10.2. The van der Waals surface area contributed by atoms with Crippen LogP contribution in [0.3, 0.4) is 0 Å². The van der Waals surface area contributed by atoms with E-state index >= 15 is 0 Å². The molecular weight excluding hydrogens is 228 g/mol. The second-order valence-electron chi connectivity index (χ2n) is 3.73. The van der Waals surface area contributed by atoms with Gasteiger partial charge in [-0.25, -0.2) is 9.48 Å². The minimum Gasteiger partial charge on any atom is -0.479 e. The lowest BCUT2D eigenvalue weighted by molar-refractivity contribution is -0.150. The van der Waals surface area contributed by atoms with Crippen molar-refractivity contribution in [3.8, 4) is 0 Å². The molecule has 0 aromatic carbocycles. The number of aryl methyl sites for hydroxylation is 1. The number of carboxylic acid groups (broad SMARTS) is 1. The number of carbonyl (C=O) groups is 2. The summed E-state index contributed by atoms with van der Waals surface area (Å²) in [5.74, 6) is -1.14. The fraction of sp³-hybridized carbons (Fsp3) is 0.556. The van der Waals surface area contributed by atoms with Crippen LogP contribution in [0.4, 0.5) is 5.95 Å². The van der Waals surface area contributed by atoms with Crippen molar-refractivity contribution in [1.82, 2.24) is 14.8 Å². The molecule has 1 saturated heterocycles. The van der Waals surface area contributed by atoms with Gasteiger partial charge in [0, 0.05) is 7.05 Å². The first kappa shape index (κ1) is 11.5. The fourth-order valence-electron chi connectivity index (χ4n) is 1.61. The summed E-state index contributed by atoms with van der Waals surface area (Å²) in [6.07, 6.45) is 0.399. The Morgan fingerprint density at radius 1 is 1.53 bits per heavy atom. The molecule has 2 heterocycles. The van der Waals surface area contributed by atoms with Crippen molar-refractivity contribution in [2.45, 2.75) is 25.0 Å². The number of nitrogens with one attached hydrogen (secondary N) is 1. The number of anilines is 1. The Kier molecular flexibility index (Phi) is 3.05. The SMILES string of the molecule is Cn1ncnc1NC(=O)C1CCC(C(=O)O)O1. The Labute approximate surface area is 96.6 Å². The lowest BCUT2D eigenvalue weighted by Crippen LogP contribution is -2.30. The van der Waals surface area contributed by atoms with E-state index in [1.165, 1.54) is 11.0 Å². The zero-order valence-electron chi connectivity index (χ0n) is 9.16. The Hall–Kier alpha value is -1.96. The number of amides is 1. The summed E-state index contributed by atoms with van der Waals surface area (Å²) in [4.78, 5) is 26.2. The molecule has 0 spiro atoms. The number of carbonyl (C=O) groups excluding carboxylic acids is 1. The van der Waals surface area contributed by atoms with Gasteiger partial charge in [-0.2, -0.15) is 10.1 Å². The van der Waals surface area contributed by atoms with E-state index in [0.29, 0.717) is 18.8 Å². The molecule has 2 atom stereocenters. The topological polar surface area (TPSA) is 106 Å². The van der Waals surface area contributed by atoms with Crippen molar-refractivity contribution in [1.29, 1.82) is 0 Å². The second-order valence-corrected chi connectivity index (χ2v) is 3.73. The molecule has 1 fully saturated rings. The Morgan fingerprint density at radius 2 is 2.24 bits per heavy atom. The molecular formula is C9H12N4O4. The molecule has 0 saturated carbocycles. The van der Waals surface area contributed by atoms with Gasteiger partial charge in [-0.05, 0) is 12.8 Å². The fourth-order valence-corrected chi connectivity index (χ4v) is 1.61. The van der Waals surface area contributed by atoms with Crippen LogP contribution in [-0.4, -0.2) is 44.0 Å². The molecule has 1 aromatic rings. The van der Waals surface area contributed by atoms with E-state index in [1.807, 2.05) is 0 Å². The van der Waals surface area contributed by atoms with E-state index in [0.717, 1.165) is 0 Å². The van der Waals surface area contributed by atoms with Crippen LogP contribution in [-0.2, 0) is 21.4 Å². The summed E-state index contributed by atoms with van der Waals surface area (Å²) in [6.45, 7) is 0. The van der Waals surface area contributed by atoms with E-state index in [4.69, 9.17) is 9.84 Å². The molecule has 2 rings (SSSR count). The molecule has 2 N–H and O–H groups in total. The van der Waals surface area contributed by atoms with E-state index in [2.05, 4.69) is 15.4 Å². The number of carboxylic acids is 1. The van der Waals surface area contributed by atoms with E-state index < -0.39 is 24.1 Å². The predicted molar refractivity (Wildman–Crippen MR) is 55.2 cm³/mol. The maximum absolute atomic E-state index is 11.7. The van der Waals surface area contributed by atoms with Crippen LogP contribution in [0.25, 0.3) is 0 Å². The molecule has 17 heavy (non-hydrogen) atoms. The standard InChI is InChI=1S/C9H12N4O4/c1-13-9(10-4-11-13)12-7(14)5-2-3-6(17-5)8(15)16/h4-6H,2-3H2,1H3,(H,15,16)(H,10,11,12,14). The zero-order chi connectivity index (χ0) is 12.4. The van der Waals surface area contributed by atoms with Crippen molar-refractivity contribution in [3.05, 3.63) is 6.33 Å². The van der Waals surface area contributed by atoms with E-state index in [1.54, 1.807) is 7.05 Å². The molecule has 1 amide bonds. The van der Waals surface area contributed by atoms with Gasteiger partial charge in [-0.3, -0.25) is 10.1 Å². The molecule has 1 aromatic heterocycles. The van der Waals surface area contributed by atoms with Gasteiger partial charge in [0.25, 0.3) is 5.91 Å². The number of aliphatic carboxylic acids is 1. The van der Waals surface area contributed by atoms with Gasteiger partial charge in [0.2, 0.25) is 5.95 Å². The van der Waals surface area contributed by atoms with E-state index in [-0.39, 0.29) is 0 Å². The highest BCUT2D eigenvalue weighted by Crippen LogP contribution is 2.20. The number of rotatable bonds is 3. The Balaban J connectivity index is 1.94. The number of ether oxygens (including phenoxy) is 1. The van der Waals surface area contributed by atoms with Gasteiger partial charge >= 0.3 is 5.97 Å². The minimum atomic E-state index is -1.04. The summed E-state index contributed by atoms with van der Waals surface area (Å²) in [7, 11) is 1.64. The molecule has 1 aliphatic heterocycles. The highest BCUT2D eigenvalue weighted by atomic mass is 16.5. The molecule has 0 bridgehead atoms. The quantitative estimate of drug-likeness (QED) is 0.729. The molecule has 8 heteroatoms. The van der Waals surface area contributed by atoms with Crippen LogP contribution in [0.5, 0.6) is 0 Å². The van der Waals surface area contributed by atoms with E-state index in [9.17, 15) is 9.59 Å². The Bertz CT molecular complexity index is 444. The average Bonchev–Trinajstić information content (AvgIpc) is 2.88. The molecule has 1 aliphatic rings. The molecule has 0 radical (unpaired) electrons. The largest absolute Gasteiger partial charge is 0.479 e. The third-order valence-electron chi connectivity index (χ3n) is 2.53. The van der Waals surface area contributed by atoms with Crippen molar-refractivity contribution >= 4 is 17.8 Å². The number of hydrogen-bond donors (Lipinski definition) is 2. The molecule has 0 aliphatic carbocycles. The highest BCUT2D eigenvalue weighted by Gasteiger charge is 2.35. The first-order valence-electron chi connectivity index (χ1n) is 5.11. The molecule has 92 valence electrons. The number of aromatic nitrogens is 3. The molecule has 8 nitrogen and oxygen atoms in total. The summed E-state index contributed by atoms with van der Waals surface area (Å²) >= 11 is 0. The van der Waals surface area contributed by atoms with Crippen LogP contribution in [0.1, 0.15) is 12.8 Å². The van der Waals surface area contributed by atoms with Gasteiger partial charge in [0.05, 0.1) is 0 Å². The maximum atomic E-state index is 11.7. The Morgan fingerprint density at radius 3 is 2.76 bits per heavy atom. The summed E-state index contributed by atoms with van der Waals surface area (Å²) in [5, 5.41) is 15.0. The number of nitrogens with zero attached hydrogens (tertiary/aromatic N) is 3. The predicted octanol–water partition coefficient (Wildman–Crippen LogP) is -0.614. The first-order chi connectivity index (χ1) is 8.08.